The number of ether oxygens (including phenoxy) is 2. The molecule has 0 atom stereocenters. The van der Waals surface area contributed by atoms with Gasteiger partial charge < -0.3 is 9.47 Å². The van der Waals surface area contributed by atoms with Crippen LogP contribution in [0.1, 0.15) is 135 Å². The molecule has 0 amide bonds. The van der Waals surface area contributed by atoms with Gasteiger partial charge >= 0.3 is 17.9 Å². The van der Waals surface area contributed by atoms with Crippen LogP contribution in [-0.4, -0.2) is 25.0 Å². The maximum absolute atomic E-state index is 11.6. The number of carbonyl (C=O) groups excluding carboxylic acids is 3. The van der Waals surface area contributed by atoms with Gasteiger partial charge in [-0.3, -0.25) is 14.4 Å². The number of rotatable bonds is 22. The number of allylic oxidation sites excluding steroid dienone is 2. The first-order valence-corrected chi connectivity index (χ1v) is 13.1. The van der Waals surface area contributed by atoms with Crippen molar-refractivity contribution in [2.75, 3.05) is 7.11 Å². The van der Waals surface area contributed by atoms with E-state index in [2.05, 4.69) is 23.8 Å². The van der Waals surface area contributed by atoms with Crippen molar-refractivity contribution in [3.63, 3.8) is 0 Å². The van der Waals surface area contributed by atoms with Gasteiger partial charge in [0.2, 0.25) is 0 Å². The molecule has 0 unspecified atom stereocenters. The van der Waals surface area contributed by atoms with Gasteiger partial charge in [-0.15, -0.1) is 0 Å². The Hall–Kier alpha value is -1.65. The highest BCUT2D eigenvalue weighted by Crippen LogP contribution is 2.12. The highest BCUT2D eigenvalue weighted by Gasteiger charge is 2.12. The molecule has 0 aliphatic heterocycles. The minimum atomic E-state index is -0.659. The highest BCUT2D eigenvalue weighted by molar-refractivity contribution is 5.87. The fourth-order valence-corrected chi connectivity index (χ4v) is 3.58. The fourth-order valence-electron chi connectivity index (χ4n) is 3.58. The summed E-state index contributed by atoms with van der Waals surface area (Å²) in [6, 6.07) is 0. The smallest absolute Gasteiger partial charge is 0.314 e. The van der Waals surface area contributed by atoms with Gasteiger partial charge in [0.05, 0.1) is 20.0 Å². The van der Waals surface area contributed by atoms with Gasteiger partial charge in [-0.05, 0) is 32.1 Å². The van der Waals surface area contributed by atoms with E-state index >= 15 is 0 Å². The molecule has 0 fully saturated rings. The maximum Gasteiger partial charge on any atom is 0.314 e. The van der Waals surface area contributed by atoms with E-state index in [4.69, 9.17) is 4.74 Å². The van der Waals surface area contributed by atoms with Crippen molar-refractivity contribution in [2.45, 2.75) is 135 Å². The molecule has 0 radical (unpaired) electrons. The number of carbonyl (C=O) groups is 3. The Labute approximate surface area is 196 Å². The Morgan fingerprint density at radius 3 is 1.44 bits per heavy atom. The predicted octanol–water partition coefficient (Wildman–Crippen LogP) is 7.61. The minimum Gasteiger partial charge on any atom is -0.469 e. The molecule has 0 aromatic carbocycles. The molecule has 0 bridgehead atoms. The summed E-state index contributed by atoms with van der Waals surface area (Å²) in [4.78, 5) is 34.0. The molecule has 0 rings (SSSR count). The summed E-state index contributed by atoms with van der Waals surface area (Å²) in [7, 11) is 1.26. The van der Waals surface area contributed by atoms with Crippen molar-refractivity contribution in [1.82, 2.24) is 0 Å². The molecule has 186 valence electrons. The molecule has 5 heteroatoms. The van der Waals surface area contributed by atoms with Crippen LogP contribution in [-0.2, 0) is 23.9 Å². The molecule has 5 nitrogen and oxygen atoms in total. The molecule has 0 N–H and O–H groups in total. The van der Waals surface area contributed by atoms with Crippen molar-refractivity contribution in [3.8, 4) is 0 Å². The van der Waals surface area contributed by atoms with Crippen molar-refractivity contribution < 1.29 is 23.9 Å². The first-order valence-electron chi connectivity index (χ1n) is 13.1. The van der Waals surface area contributed by atoms with Crippen LogP contribution in [0.4, 0.5) is 0 Å². The minimum absolute atomic E-state index is 0.0570. The van der Waals surface area contributed by atoms with E-state index in [-0.39, 0.29) is 19.3 Å². The lowest BCUT2D eigenvalue weighted by Crippen LogP contribution is -2.13. The topological polar surface area (TPSA) is 69.7 Å². The third-order valence-electron chi connectivity index (χ3n) is 5.63. The SMILES string of the molecule is CCCCCCCC/C=C\CCCCCCCCCCCC(=O)OC(=O)CCC(=O)OC. The average molecular weight is 453 g/mol. The Morgan fingerprint density at radius 2 is 0.938 bits per heavy atom. The third-order valence-corrected chi connectivity index (χ3v) is 5.63. The fraction of sp³-hybridized carbons (Fsp3) is 0.815. The Kier molecular flexibility index (Phi) is 22.8. The van der Waals surface area contributed by atoms with Crippen LogP contribution in [0.3, 0.4) is 0 Å². The van der Waals surface area contributed by atoms with Gasteiger partial charge in [0.25, 0.3) is 0 Å². The van der Waals surface area contributed by atoms with Gasteiger partial charge in [0, 0.05) is 6.42 Å². The van der Waals surface area contributed by atoms with E-state index < -0.39 is 17.9 Å². The van der Waals surface area contributed by atoms with Crippen molar-refractivity contribution in [2.24, 2.45) is 0 Å². The summed E-state index contributed by atoms with van der Waals surface area (Å²) < 4.78 is 9.14. The van der Waals surface area contributed by atoms with E-state index in [9.17, 15) is 14.4 Å². The second-order valence-electron chi connectivity index (χ2n) is 8.67. The Balaban J connectivity index is 3.30. The monoisotopic (exact) mass is 452 g/mol. The van der Waals surface area contributed by atoms with Gasteiger partial charge in [0.15, 0.2) is 0 Å². The van der Waals surface area contributed by atoms with Gasteiger partial charge in [-0.25, -0.2) is 0 Å². The van der Waals surface area contributed by atoms with Gasteiger partial charge in [-0.2, -0.15) is 0 Å². The normalized spacial score (nSPS) is 11.1. The van der Waals surface area contributed by atoms with Crippen LogP contribution in [0.25, 0.3) is 0 Å². The highest BCUT2D eigenvalue weighted by atomic mass is 16.6. The van der Waals surface area contributed by atoms with E-state index in [0.29, 0.717) is 0 Å². The van der Waals surface area contributed by atoms with Gasteiger partial charge in [-0.1, -0.05) is 96.1 Å². The van der Waals surface area contributed by atoms with Crippen molar-refractivity contribution >= 4 is 17.9 Å². The number of methoxy groups -OCH3 is 1. The molecule has 0 aromatic heterocycles. The van der Waals surface area contributed by atoms with Crippen LogP contribution in [0, 0.1) is 0 Å². The number of hydrogen-bond acceptors (Lipinski definition) is 5. The molecular formula is C27H48O5. The lowest BCUT2D eigenvalue weighted by atomic mass is 10.1. The molecule has 0 aromatic rings. The number of unbranched alkanes of at least 4 members (excludes halogenated alkanes) is 15. The summed E-state index contributed by atoms with van der Waals surface area (Å²) in [6.45, 7) is 2.26. The molecule has 0 saturated carbocycles. The number of esters is 3. The van der Waals surface area contributed by atoms with Crippen molar-refractivity contribution in [3.05, 3.63) is 12.2 Å². The van der Waals surface area contributed by atoms with Crippen LogP contribution in [0.15, 0.2) is 12.2 Å². The van der Waals surface area contributed by atoms with E-state index in [1.807, 2.05) is 0 Å². The van der Waals surface area contributed by atoms with Crippen LogP contribution >= 0.6 is 0 Å². The molecule has 0 heterocycles. The standard InChI is InChI=1S/C27H48O5/c1-3-4-5-6-7-8-9-10-11-12-13-14-15-16-17-18-19-20-21-22-26(29)32-27(30)24-23-25(28)31-2/h10-11H,3-9,12-24H2,1-2H3/b11-10-. The van der Waals surface area contributed by atoms with Crippen LogP contribution in [0.5, 0.6) is 0 Å². The summed E-state index contributed by atoms with van der Waals surface area (Å²) >= 11 is 0. The Bertz CT molecular complexity index is 498. The lowest BCUT2D eigenvalue weighted by molar-refractivity contribution is -0.161. The van der Waals surface area contributed by atoms with E-state index in [1.165, 1.54) is 97.0 Å². The van der Waals surface area contributed by atoms with Crippen molar-refractivity contribution in [1.29, 1.82) is 0 Å². The zero-order valence-electron chi connectivity index (χ0n) is 20.8. The quantitative estimate of drug-likeness (QED) is 0.0731. The van der Waals surface area contributed by atoms with E-state index in [1.54, 1.807) is 0 Å². The summed E-state index contributed by atoms with van der Waals surface area (Å²) in [5.41, 5.74) is 0. The molecule has 0 saturated heterocycles. The predicted molar refractivity (Wildman–Crippen MR) is 130 cm³/mol. The molecule has 0 spiro atoms. The molecule has 0 aliphatic rings. The zero-order valence-corrected chi connectivity index (χ0v) is 20.8. The average Bonchev–Trinajstić information content (AvgIpc) is 2.78. The molecule has 32 heavy (non-hydrogen) atoms. The molecular weight excluding hydrogens is 404 g/mol. The first-order chi connectivity index (χ1) is 15.6. The summed E-state index contributed by atoms with van der Waals surface area (Å²) in [6.07, 6.45) is 26.0. The van der Waals surface area contributed by atoms with Crippen LogP contribution < -0.4 is 0 Å². The van der Waals surface area contributed by atoms with Gasteiger partial charge in [0.1, 0.15) is 0 Å². The second-order valence-corrected chi connectivity index (χ2v) is 8.67. The number of hydrogen-bond donors (Lipinski definition) is 0. The van der Waals surface area contributed by atoms with Crippen LogP contribution in [0.2, 0.25) is 0 Å². The zero-order chi connectivity index (χ0) is 23.7. The van der Waals surface area contributed by atoms with E-state index in [0.717, 1.165) is 19.3 Å². The lowest BCUT2D eigenvalue weighted by Gasteiger charge is -2.04. The maximum atomic E-state index is 11.6. The molecule has 0 aliphatic carbocycles. The Morgan fingerprint density at radius 1 is 0.531 bits per heavy atom. The third kappa shape index (κ3) is 23.0. The largest absolute Gasteiger partial charge is 0.469 e. The first kappa shape index (κ1) is 30.4. The summed E-state index contributed by atoms with van der Waals surface area (Å²) in [5, 5.41) is 0. The summed E-state index contributed by atoms with van der Waals surface area (Å²) in [5.74, 6) is -1.64. The second kappa shape index (κ2) is 24.0.